The number of rotatable bonds is 4. The lowest BCUT2D eigenvalue weighted by molar-refractivity contribution is 0.0699. The summed E-state index contributed by atoms with van der Waals surface area (Å²) in [5, 5.41) is 0. The number of amides is 1. The number of aromatic nitrogens is 2. The summed E-state index contributed by atoms with van der Waals surface area (Å²) in [7, 11) is 0. The average molecular weight is 315 g/mol. The van der Waals surface area contributed by atoms with Crippen LogP contribution >= 0.6 is 11.8 Å². The highest BCUT2D eigenvalue weighted by molar-refractivity contribution is 7.98. The van der Waals surface area contributed by atoms with E-state index >= 15 is 0 Å². The maximum absolute atomic E-state index is 12.7. The van der Waals surface area contributed by atoms with Crippen LogP contribution in [0.15, 0.2) is 36.7 Å². The summed E-state index contributed by atoms with van der Waals surface area (Å²) in [5.41, 5.74) is 1.70. The number of imidazole rings is 1. The van der Waals surface area contributed by atoms with Gasteiger partial charge in [0.1, 0.15) is 5.82 Å². The van der Waals surface area contributed by atoms with E-state index in [9.17, 15) is 4.79 Å². The summed E-state index contributed by atoms with van der Waals surface area (Å²) in [4.78, 5) is 22.0. The molecule has 1 saturated heterocycles. The van der Waals surface area contributed by atoms with Crippen LogP contribution in [-0.4, -0.2) is 45.9 Å². The van der Waals surface area contributed by atoms with E-state index in [0.29, 0.717) is 0 Å². The second-order valence-electron chi connectivity index (χ2n) is 5.71. The first-order valence-electron chi connectivity index (χ1n) is 7.66. The van der Waals surface area contributed by atoms with Crippen molar-refractivity contribution in [1.82, 2.24) is 14.9 Å². The van der Waals surface area contributed by atoms with Gasteiger partial charge in [0, 0.05) is 36.6 Å². The van der Waals surface area contributed by atoms with Gasteiger partial charge in [0.2, 0.25) is 0 Å². The molecule has 2 heterocycles. The zero-order valence-corrected chi connectivity index (χ0v) is 13.6. The lowest BCUT2D eigenvalue weighted by Gasteiger charge is -2.31. The van der Waals surface area contributed by atoms with Gasteiger partial charge in [-0.2, -0.15) is 11.8 Å². The normalized spacial score (nSPS) is 16.0. The van der Waals surface area contributed by atoms with Crippen LogP contribution < -0.4 is 0 Å². The highest BCUT2D eigenvalue weighted by Crippen LogP contribution is 2.23. The van der Waals surface area contributed by atoms with E-state index in [-0.39, 0.29) is 5.91 Å². The lowest BCUT2D eigenvalue weighted by atomic mass is 9.98. The Morgan fingerprint density at radius 1 is 1.41 bits per heavy atom. The molecule has 3 rings (SSSR count). The van der Waals surface area contributed by atoms with Gasteiger partial charge in [-0.25, -0.2) is 4.98 Å². The summed E-state index contributed by atoms with van der Waals surface area (Å²) >= 11 is 1.90. The molecule has 22 heavy (non-hydrogen) atoms. The van der Waals surface area contributed by atoms with Crippen molar-refractivity contribution in [3.8, 4) is 11.4 Å². The molecule has 0 saturated carbocycles. The molecule has 4 nitrogen and oxygen atoms in total. The molecule has 1 aromatic carbocycles. The van der Waals surface area contributed by atoms with Gasteiger partial charge in [0.15, 0.2) is 0 Å². The molecular weight excluding hydrogens is 294 g/mol. The predicted molar refractivity (Wildman–Crippen MR) is 91.0 cm³/mol. The smallest absolute Gasteiger partial charge is 0.253 e. The molecule has 1 aliphatic rings. The number of likely N-dealkylation sites (tertiary alicyclic amines) is 1. The van der Waals surface area contributed by atoms with Crippen molar-refractivity contribution in [1.29, 1.82) is 0 Å². The number of hydrogen-bond donors (Lipinski definition) is 1. The number of hydrogen-bond acceptors (Lipinski definition) is 3. The van der Waals surface area contributed by atoms with Gasteiger partial charge in [0.25, 0.3) is 5.91 Å². The lowest BCUT2D eigenvalue weighted by Crippen LogP contribution is -2.39. The first-order chi connectivity index (χ1) is 10.8. The van der Waals surface area contributed by atoms with Crippen LogP contribution in [0.3, 0.4) is 0 Å². The molecule has 1 aliphatic heterocycles. The van der Waals surface area contributed by atoms with E-state index in [0.717, 1.165) is 48.8 Å². The number of H-pyrrole nitrogens is 1. The average Bonchev–Trinajstić information content (AvgIpc) is 3.10. The molecule has 0 bridgehead atoms. The number of nitrogens with one attached hydrogen (secondary N) is 1. The predicted octanol–water partition coefficient (Wildman–Crippen LogP) is 3.29. The largest absolute Gasteiger partial charge is 0.345 e. The zero-order valence-electron chi connectivity index (χ0n) is 12.8. The van der Waals surface area contributed by atoms with Gasteiger partial charge in [-0.05, 0) is 42.9 Å². The van der Waals surface area contributed by atoms with Gasteiger partial charge >= 0.3 is 0 Å². The fraction of sp³-hybridized carbons (Fsp3) is 0.412. The second-order valence-corrected chi connectivity index (χ2v) is 6.62. The third-order valence-electron chi connectivity index (χ3n) is 4.19. The van der Waals surface area contributed by atoms with Crippen molar-refractivity contribution in [2.45, 2.75) is 12.8 Å². The van der Waals surface area contributed by atoms with E-state index in [1.807, 2.05) is 40.9 Å². The quantitative estimate of drug-likeness (QED) is 0.942. The van der Waals surface area contributed by atoms with Crippen LogP contribution in [0.2, 0.25) is 0 Å². The molecule has 0 spiro atoms. The Kier molecular flexibility index (Phi) is 4.83. The molecule has 0 unspecified atom stereocenters. The first-order valence-corrected chi connectivity index (χ1v) is 9.05. The van der Waals surface area contributed by atoms with E-state index in [4.69, 9.17) is 0 Å². The molecule has 2 aromatic rings. The summed E-state index contributed by atoms with van der Waals surface area (Å²) < 4.78 is 0. The Morgan fingerprint density at radius 2 is 2.23 bits per heavy atom. The Morgan fingerprint density at radius 3 is 2.91 bits per heavy atom. The van der Waals surface area contributed by atoms with Crippen LogP contribution in [0.1, 0.15) is 23.2 Å². The Labute approximate surface area is 135 Å². The summed E-state index contributed by atoms with van der Waals surface area (Å²) in [6.45, 7) is 1.74. The van der Waals surface area contributed by atoms with Crippen molar-refractivity contribution in [3.05, 3.63) is 42.2 Å². The Bertz CT molecular complexity index is 619. The van der Waals surface area contributed by atoms with Crippen molar-refractivity contribution in [2.24, 2.45) is 5.92 Å². The molecule has 0 radical (unpaired) electrons. The van der Waals surface area contributed by atoms with Gasteiger partial charge in [0.05, 0.1) is 0 Å². The van der Waals surface area contributed by atoms with E-state index in [1.54, 1.807) is 12.4 Å². The van der Waals surface area contributed by atoms with Crippen LogP contribution in [0, 0.1) is 5.92 Å². The molecular formula is C17H21N3OS. The number of thioether (sulfide) groups is 1. The molecule has 0 atom stereocenters. The first kappa shape index (κ1) is 15.2. The number of piperidine rings is 1. The van der Waals surface area contributed by atoms with Crippen LogP contribution in [0.4, 0.5) is 0 Å². The van der Waals surface area contributed by atoms with Gasteiger partial charge < -0.3 is 9.88 Å². The van der Waals surface area contributed by atoms with E-state index in [1.165, 1.54) is 5.75 Å². The minimum absolute atomic E-state index is 0.135. The molecule has 1 N–H and O–H groups in total. The standard InChI is InChI=1S/C17H21N3OS/c1-22-12-13-5-9-20(10-6-13)17(21)15-4-2-3-14(11-15)16-18-7-8-19-16/h2-4,7-8,11,13H,5-6,9-10,12H2,1H3,(H,18,19). The number of nitrogens with zero attached hydrogens (tertiary/aromatic N) is 2. The maximum atomic E-state index is 12.7. The zero-order chi connectivity index (χ0) is 15.4. The highest BCUT2D eigenvalue weighted by Gasteiger charge is 2.23. The van der Waals surface area contributed by atoms with Crippen molar-refractivity contribution >= 4 is 17.7 Å². The molecule has 0 aliphatic carbocycles. The van der Waals surface area contributed by atoms with Crippen molar-refractivity contribution < 1.29 is 4.79 Å². The number of carbonyl (C=O) groups excluding carboxylic acids is 1. The number of aromatic amines is 1. The summed E-state index contributed by atoms with van der Waals surface area (Å²) in [5.74, 6) is 2.90. The third kappa shape index (κ3) is 3.35. The fourth-order valence-corrected chi connectivity index (χ4v) is 3.75. The molecule has 1 amide bonds. The fourth-order valence-electron chi connectivity index (χ4n) is 2.94. The van der Waals surface area contributed by atoms with Crippen LogP contribution in [0.5, 0.6) is 0 Å². The van der Waals surface area contributed by atoms with Gasteiger partial charge in [-0.3, -0.25) is 4.79 Å². The highest BCUT2D eigenvalue weighted by atomic mass is 32.2. The van der Waals surface area contributed by atoms with Crippen LogP contribution in [-0.2, 0) is 0 Å². The van der Waals surface area contributed by atoms with Crippen molar-refractivity contribution in [2.75, 3.05) is 25.1 Å². The third-order valence-corrected chi connectivity index (χ3v) is 4.99. The molecule has 5 heteroatoms. The monoisotopic (exact) mass is 315 g/mol. The number of benzene rings is 1. The molecule has 116 valence electrons. The van der Waals surface area contributed by atoms with E-state index in [2.05, 4.69) is 16.2 Å². The maximum Gasteiger partial charge on any atom is 0.253 e. The molecule has 1 aromatic heterocycles. The Hall–Kier alpha value is -1.75. The van der Waals surface area contributed by atoms with Gasteiger partial charge in [-0.1, -0.05) is 12.1 Å². The van der Waals surface area contributed by atoms with Gasteiger partial charge in [-0.15, -0.1) is 0 Å². The van der Waals surface area contributed by atoms with Crippen LogP contribution in [0.25, 0.3) is 11.4 Å². The topological polar surface area (TPSA) is 49.0 Å². The second kappa shape index (κ2) is 7.01. The SMILES string of the molecule is CSCC1CCN(C(=O)c2cccc(-c3ncc[nH]3)c2)CC1. The minimum Gasteiger partial charge on any atom is -0.345 e. The van der Waals surface area contributed by atoms with E-state index < -0.39 is 0 Å². The Balaban J connectivity index is 1.69. The number of carbonyl (C=O) groups is 1. The summed E-state index contributed by atoms with van der Waals surface area (Å²) in [6.07, 6.45) is 7.90. The minimum atomic E-state index is 0.135. The summed E-state index contributed by atoms with van der Waals surface area (Å²) in [6, 6.07) is 7.71. The van der Waals surface area contributed by atoms with Crippen molar-refractivity contribution in [3.63, 3.8) is 0 Å². The molecule has 1 fully saturated rings.